The topological polar surface area (TPSA) is 35.6 Å². The van der Waals surface area contributed by atoms with Gasteiger partial charge in [-0.3, -0.25) is 9.69 Å². The Kier molecular flexibility index (Phi) is 3.34. The molecular formula is C13H23N3O. The number of rotatable bonds is 2. The van der Waals surface area contributed by atoms with Gasteiger partial charge in [-0.1, -0.05) is 6.42 Å². The summed E-state index contributed by atoms with van der Waals surface area (Å²) in [4.78, 5) is 16.9. The summed E-state index contributed by atoms with van der Waals surface area (Å²) in [6.07, 6.45) is 6.33. The number of carbonyl (C=O) groups excluding carboxylic acids is 1. The molecule has 1 aliphatic carbocycles. The van der Waals surface area contributed by atoms with Gasteiger partial charge in [-0.15, -0.1) is 0 Å². The van der Waals surface area contributed by atoms with Crippen molar-refractivity contribution in [3.63, 3.8) is 0 Å². The summed E-state index contributed by atoms with van der Waals surface area (Å²) in [5.74, 6) is 0.343. The van der Waals surface area contributed by atoms with E-state index in [2.05, 4.69) is 15.1 Å². The monoisotopic (exact) mass is 237 g/mol. The van der Waals surface area contributed by atoms with E-state index in [9.17, 15) is 4.79 Å². The maximum Gasteiger partial charge on any atom is 0.239 e. The van der Waals surface area contributed by atoms with Crippen LogP contribution in [0.25, 0.3) is 0 Å². The van der Waals surface area contributed by atoms with Crippen molar-refractivity contribution in [2.75, 3.05) is 32.7 Å². The number of nitrogens with zero attached hydrogens (tertiary/aromatic N) is 2. The quantitative estimate of drug-likeness (QED) is 0.757. The summed E-state index contributed by atoms with van der Waals surface area (Å²) >= 11 is 0. The summed E-state index contributed by atoms with van der Waals surface area (Å²) in [5, 5.41) is 3.31. The Morgan fingerprint density at radius 1 is 1.00 bits per heavy atom. The zero-order valence-electron chi connectivity index (χ0n) is 10.5. The van der Waals surface area contributed by atoms with E-state index in [4.69, 9.17) is 0 Å². The third kappa shape index (κ3) is 2.33. The number of piperazine rings is 1. The first-order valence-corrected chi connectivity index (χ1v) is 7.11. The minimum Gasteiger partial charge on any atom is -0.339 e. The van der Waals surface area contributed by atoms with Crippen molar-refractivity contribution in [3.8, 4) is 0 Å². The Balaban J connectivity index is 1.48. The van der Waals surface area contributed by atoms with Crippen LogP contribution in [0.4, 0.5) is 0 Å². The fraction of sp³-hybridized carbons (Fsp3) is 0.923. The zero-order valence-corrected chi connectivity index (χ0v) is 10.5. The third-order valence-electron chi connectivity index (χ3n) is 4.58. The second-order valence-corrected chi connectivity index (χ2v) is 5.59. The molecule has 4 nitrogen and oxygen atoms in total. The number of hydrogen-bond acceptors (Lipinski definition) is 3. The van der Waals surface area contributed by atoms with Crippen LogP contribution in [0.1, 0.15) is 32.1 Å². The van der Waals surface area contributed by atoms with Crippen molar-refractivity contribution in [1.82, 2.24) is 15.1 Å². The van der Waals surface area contributed by atoms with Crippen molar-refractivity contribution in [2.45, 2.75) is 44.2 Å². The van der Waals surface area contributed by atoms with Gasteiger partial charge < -0.3 is 10.2 Å². The average molecular weight is 237 g/mol. The van der Waals surface area contributed by atoms with Gasteiger partial charge in [0.2, 0.25) is 5.91 Å². The van der Waals surface area contributed by atoms with Crippen molar-refractivity contribution >= 4 is 5.91 Å². The smallest absolute Gasteiger partial charge is 0.239 e. The van der Waals surface area contributed by atoms with E-state index in [0.717, 1.165) is 51.6 Å². The van der Waals surface area contributed by atoms with Crippen molar-refractivity contribution in [3.05, 3.63) is 0 Å². The van der Waals surface area contributed by atoms with Gasteiger partial charge in [-0.2, -0.15) is 0 Å². The average Bonchev–Trinajstić information content (AvgIpc) is 2.80. The summed E-state index contributed by atoms with van der Waals surface area (Å²) in [6, 6.07) is 0.946. The molecule has 0 aromatic heterocycles. The van der Waals surface area contributed by atoms with Crippen LogP contribution in [0.5, 0.6) is 0 Å². The lowest BCUT2D eigenvalue weighted by molar-refractivity contribution is -0.135. The van der Waals surface area contributed by atoms with E-state index in [1.165, 1.54) is 19.3 Å². The molecule has 0 spiro atoms. The van der Waals surface area contributed by atoms with E-state index < -0.39 is 0 Å². The molecule has 3 aliphatic rings. The van der Waals surface area contributed by atoms with Crippen LogP contribution in [-0.4, -0.2) is 60.5 Å². The van der Waals surface area contributed by atoms with Crippen LogP contribution >= 0.6 is 0 Å². The van der Waals surface area contributed by atoms with Gasteiger partial charge in [0.15, 0.2) is 0 Å². The number of hydrogen-bond donors (Lipinski definition) is 1. The van der Waals surface area contributed by atoms with Crippen molar-refractivity contribution in [1.29, 1.82) is 0 Å². The van der Waals surface area contributed by atoms with Gasteiger partial charge in [0.05, 0.1) is 6.04 Å². The van der Waals surface area contributed by atoms with Crippen LogP contribution in [0.3, 0.4) is 0 Å². The molecule has 2 heterocycles. The normalized spacial score (nSPS) is 31.5. The predicted molar refractivity (Wildman–Crippen MR) is 66.8 cm³/mol. The van der Waals surface area contributed by atoms with Crippen LogP contribution in [-0.2, 0) is 4.79 Å². The molecule has 0 aromatic rings. The van der Waals surface area contributed by atoms with Crippen LogP contribution in [0.2, 0.25) is 0 Å². The summed E-state index contributed by atoms with van der Waals surface area (Å²) < 4.78 is 0. The van der Waals surface area contributed by atoms with Crippen molar-refractivity contribution in [2.24, 2.45) is 0 Å². The number of carbonyl (C=O) groups is 1. The minimum atomic E-state index is 0.116. The molecule has 0 radical (unpaired) electrons. The van der Waals surface area contributed by atoms with Gasteiger partial charge >= 0.3 is 0 Å². The zero-order chi connectivity index (χ0) is 11.7. The molecule has 96 valence electrons. The van der Waals surface area contributed by atoms with Crippen LogP contribution < -0.4 is 5.32 Å². The lowest BCUT2D eigenvalue weighted by Crippen LogP contribution is -2.56. The van der Waals surface area contributed by atoms with Gasteiger partial charge in [-0.25, -0.2) is 0 Å². The van der Waals surface area contributed by atoms with Crippen LogP contribution in [0, 0.1) is 0 Å². The fourth-order valence-corrected chi connectivity index (χ4v) is 3.18. The van der Waals surface area contributed by atoms with E-state index in [1.807, 2.05) is 0 Å². The highest BCUT2D eigenvalue weighted by atomic mass is 16.2. The maximum absolute atomic E-state index is 12.2. The Morgan fingerprint density at radius 2 is 1.76 bits per heavy atom. The lowest BCUT2D eigenvalue weighted by atomic mass is 9.91. The molecular weight excluding hydrogens is 214 g/mol. The lowest BCUT2D eigenvalue weighted by Gasteiger charge is -2.43. The summed E-state index contributed by atoms with van der Waals surface area (Å²) in [5.41, 5.74) is 0. The van der Waals surface area contributed by atoms with Gasteiger partial charge in [0, 0.05) is 32.2 Å². The SMILES string of the molecule is O=C(C1CCCN1)N1CCN(C2CCC2)CC1. The molecule has 3 rings (SSSR count). The molecule has 4 heteroatoms. The molecule has 0 bridgehead atoms. The van der Waals surface area contributed by atoms with E-state index in [1.54, 1.807) is 0 Å². The first-order valence-electron chi connectivity index (χ1n) is 7.11. The fourth-order valence-electron chi connectivity index (χ4n) is 3.18. The molecule has 1 saturated carbocycles. The van der Waals surface area contributed by atoms with Crippen LogP contribution in [0.15, 0.2) is 0 Å². The first-order chi connectivity index (χ1) is 8.34. The van der Waals surface area contributed by atoms with Gasteiger partial charge in [0.1, 0.15) is 0 Å². The molecule has 2 saturated heterocycles. The summed E-state index contributed by atoms with van der Waals surface area (Å²) in [6.45, 7) is 5.06. The molecule has 17 heavy (non-hydrogen) atoms. The van der Waals surface area contributed by atoms with E-state index in [0.29, 0.717) is 5.91 Å². The number of amides is 1. The Labute approximate surface area is 103 Å². The molecule has 1 atom stereocenters. The largest absolute Gasteiger partial charge is 0.339 e. The van der Waals surface area contributed by atoms with Crippen molar-refractivity contribution < 1.29 is 4.79 Å². The third-order valence-corrected chi connectivity index (χ3v) is 4.58. The maximum atomic E-state index is 12.2. The minimum absolute atomic E-state index is 0.116. The highest BCUT2D eigenvalue weighted by Gasteiger charge is 2.32. The van der Waals surface area contributed by atoms with E-state index in [-0.39, 0.29) is 6.04 Å². The molecule has 3 fully saturated rings. The molecule has 0 aromatic carbocycles. The second kappa shape index (κ2) is 4.94. The summed E-state index contributed by atoms with van der Waals surface area (Å²) in [7, 11) is 0. The molecule has 1 amide bonds. The molecule has 2 aliphatic heterocycles. The highest BCUT2D eigenvalue weighted by molar-refractivity contribution is 5.82. The Bertz CT molecular complexity index is 276. The molecule has 1 N–H and O–H groups in total. The molecule has 1 unspecified atom stereocenters. The van der Waals surface area contributed by atoms with Gasteiger partial charge in [-0.05, 0) is 32.2 Å². The Hall–Kier alpha value is -0.610. The van der Waals surface area contributed by atoms with Gasteiger partial charge in [0.25, 0.3) is 0 Å². The highest BCUT2D eigenvalue weighted by Crippen LogP contribution is 2.25. The van der Waals surface area contributed by atoms with E-state index >= 15 is 0 Å². The predicted octanol–water partition coefficient (Wildman–Crippen LogP) is 0.435. The first kappa shape index (κ1) is 11.5. The number of nitrogens with one attached hydrogen (secondary N) is 1. The standard InChI is InChI=1S/C13H23N3O/c17-13(12-5-2-6-14-12)16-9-7-15(8-10-16)11-3-1-4-11/h11-12,14H,1-10H2. The second-order valence-electron chi connectivity index (χ2n) is 5.59. The Morgan fingerprint density at radius 3 is 2.29 bits per heavy atom.